The number of rotatable bonds is 11. The predicted molar refractivity (Wildman–Crippen MR) is 148 cm³/mol. The number of halogens is 2. The highest BCUT2D eigenvalue weighted by Crippen LogP contribution is 2.30. The van der Waals surface area contributed by atoms with Crippen LogP contribution < -0.4 is 25.4 Å². The Balaban J connectivity index is 1.29. The fourth-order valence-electron chi connectivity index (χ4n) is 3.71. The van der Waals surface area contributed by atoms with Crippen LogP contribution in [-0.4, -0.2) is 44.5 Å². The van der Waals surface area contributed by atoms with Crippen molar-refractivity contribution in [1.82, 2.24) is 30.7 Å². The zero-order valence-electron chi connectivity index (χ0n) is 21.9. The van der Waals surface area contributed by atoms with Crippen LogP contribution in [0.2, 0.25) is 5.02 Å². The molecule has 0 fully saturated rings. The minimum Gasteiger partial charge on any atom is -0.493 e. The first-order valence-electron chi connectivity index (χ1n) is 12.2. The van der Waals surface area contributed by atoms with E-state index in [1.165, 1.54) is 30.1 Å². The molecule has 0 unspecified atom stereocenters. The molecule has 0 aliphatic rings. The van der Waals surface area contributed by atoms with Crippen molar-refractivity contribution in [3.05, 3.63) is 100 Å². The van der Waals surface area contributed by atoms with E-state index in [-0.39, 0.29) is 46.8 Å². The molecule has 2 aromatic heterocycles. The summed E-state index contributed by atoms with van der Waals surface area (Å²) in [7, 11) is 1.46. The van der Waals surface area contributed by atoms with Gasteiger partial charge in [-0.1, -0.05) is 41.1 Å². The Morgan fingerprint density at radius 2 is 1.93 bits per heavy atom. The summed E-state index contributed by atoms with van der Waals surface area (Å²) in [5, 5.41) is 19.5. The van der Waals surface area contributed by atoms with Gasteiger partial charge in [0.2, 0.25) is 11.6 Å². The number of hydrogen-bond acceptors (Lipinski definition) is 11. The Kier molecular flexibility index (Phi) is 8.53. The van der Waals surface area contributed by atoms with Gasteiger partial charge in [-0.05, 0) is 58.3 Å². The molecule has 0 aliphatic carbocycles. The van der Waals surface area contributed by atoms with Crippen LogP contribution >= 0.6 is 11.6 Å². The van der Waals surface area contributed by atoms with Crippen molar-refractivity contribution in [1.29, 1.82) is 0 Å². The Labute approximate surface area is 242 Å². The second kappa shape index (κ2) is 12.8. The lowest BCUT2D eigenvalue weighted by molar-refractivity contribution is 0.0947. The maximum Gasteiger partial charge on any atom is 0.293 e. The zero-order chi connectivity index (χ0) is 29.5. The number of nitrogens with two attached hydrogens (primary N) is 1. The number of aromatic nitrogens is 5. The van der Waals surface area contributed by atoms with Gasteiger partial charge in [-0.3, -0.25) is 4.79 Å². The van der Waals surface area contributed by atoms with E-state index in [1.54, 1.807) is 48.5 Å². The number of carbonyl (C=O) groups excluding carboxylic acids is 1. The van der Waals surface area contributed by atoms with Gasteiger partial charge < -0.3 is 19.9 Å². The number of hydrogen-bond donors (Lipinski definition) is 2. The molecule has 0 atom stereocenters. The number of para-hydroxylation sites is 1. The van der Waals surface area contributed by atoms with Crippen molar-refractivity contribution >= 4 is 29.5 Å². The fraction of sp³-hybridized carbons (Fsp3) is 0.111. The number of nitrogen functional groups attached to an aromatic ring is 1. The molecule has 0 aliphatic heterocycles. The van der Waals surface area contributed by atoms with E-state index >= 15 is 0 Å². The lowest BCUT2D eigenvalue weighted by atomic mass is 10.2. The monoisotopic (exact) mass is 592 g/mol. The molecule has 0 bridgehead atoms. The molecule has 2 heterocycles. The van der Waals surface area contributed by atoms with Crippen molar-refractivity contribution < 1.29 is 28.0 Å². The molecule has 214 valence electrons. The Morgan fingerprint density at radius 1 is 1.10 bits per heavy atom. The van der Waals surface area contributed by atoms with E-state index in [4.69, 9.17) is 31.5 Å². The van der Waals surface area contributed by atoms with Crippen molar-refractivity contribution in [3.8, 4) is 23.1 Å². The van der Waals surface area contributed by atoms with E-state index in [0.717, 1.165) is 0 Å². The number of hydrazone groups is 1. The summed E-state index contributed by atoms with van der Waals surface area (Å²) in [4.78, 5) is 13.0. The number of anilines is 1. The molecule has 0 spiro atoms. The highest BCUT2D eigenvalue weighted by atomic mass is 35.5. The van der Waals surface area contributed by atoms with Gasteiger partial charge in [-0.2, -0.15) is 9.78 Å². The molecule has 3 N–H and O–H groups in total. The summed E-state index contributed by atoms with van der Waals surface area (Å²) in [5.41, 5.74) is 9.16. The molecule has 13 nitrogen and oxygen atoms in total. The van der Waals surface area contributed by atoms with Gasteiger partial charge in [0.25, 0.3) is 5.91 Å². The molecule has 3 aromatic carbocycles. The number of benzene rings is 3. The predicted octanol–water partition coefficient (Wildman–Crippen LogP) is 3.96. The molecule has 1 amide bonds. The van der Waals surface area contributed by atoms with Gasteiger partial charge in [0, 0.05) is 5.56 Å². The third-order valence-electron chi connectivity index (χ3n) is 5.79. The van der Waals surface area contributed by atoms with Crippen molar-refractivity contribution in [3.63, 3.8) is 0 Å². The third kappa shape index (κ3) is 6.28. The summed E-state index contributed by atoms with van der Waals surface area (Å²) in [6, 6.07) is 18.3. The van der Waals surface area contributed by atoms with Crippen molar-refractivity contribution in [2.45, 2.75) is 13.2 Å². The van der Waals surface area contributed by atoms with Crippen molar-refractivity contribution in [2.75, 3.05) is 12.8 Å². The molecule has 0 saturated carbocycles. The Bertz CT molecular complexity index is 1710. The normalized spacial score (nSPS) is 11.0. The number of ether oxygens (including phenoxy) is 3. The van der Waals surface area contributed by atoms with Gasteiger partial charge in [-0.25, -0.2) is 14.4 Å². The quantitative estimate of drug-likeness (QED) is 0.169. The van der Waals surface area contributed by atoms with Crippen LogP contribution in [0.1, 0.15) is 27.3 Å². The van der Waals surface area contributed by atoms with Gasteiger partial charge >= 0.3 is 0 Å². The van der Waals surface area contributed by atoms with Gasteiger partial charge in [0.1, 0.15) is 30.5 Å². The lowest BCUT2D eigenvalue weighted by Crippen LogP contribution is -2.21. The highest BCUT2D eigenvalue weighted by molar-refractivity contribution is 6.31. The average Bonchev–Trinajstić information content (AvgIpc) is 3.62. The molecule has 0 saturated heterocycles. The van der Waals surface area contributed by atoms with E-state index in [2.05, 4.69) is 35.8 Å². The summed E-state index contributed by atoms with van der Waals surface area (Å²) in [5.74, 6) is 0.121. The smallest absolute Gasteiger partial charge is 0.293 e. The minimum absolute atomic E-state index is 0.0448. The second-order valence-corrected chi connectivity index (χ2v) is 8.88. The maximum atomic E-state index is 14.1. The highest BCUT2D eigenvalue weighted by Gasteiger charge is 2.24. The molecule has 42 heavy (non-hydrogen) atoms. The zero-order valence-corrected chi connectivity index (χ0v) is 22.7. The van der Waals surface area contributed by atoms with E-state index < -0.39 is 11.7 Å². The summed E-state index contributed by atoms with van der Waals surface area (Å²) in [6.45, 7) is -0.203. The van der Waals surface area contributed by atoms with Crippen LogP contribution in [0.15, 0.2) is 76.5 Å². The molecule has 5 aromatic rings. The van der Waals surface area contributed by atoms with Gasteiger partial charge in [0.15, 0.2) is 17.2 Å². The van der Waals surface area contributed by atoms with Crippen LogP contribution in [0.5, 0.6) is 17.2 Å². The van der Waals surface area contributed by atoms with Crippen LogP contribution in [0.4, 0.5) is 10.2 Å². The maximum absolute atomic E-state index is 14.1. The number of carbonyl (C=O) groups is 1. The summed E-state index contributed by atoms with van der Waals surface area (Å²) in [6.07, 6.45) is 1.39. The summed E-state index contributed by atoms with van der Waals surface area (Å²) >= 11 is 6.08. The fourth-order valence-corrected chi connectivity index (χ4v) is 3.92. The molecule has 5 rings (SSSR count). The van der Waals surface area contributed by atoms with E-state index in [1.807, 2.05) is 6.07 Å². The number of nitrogens with zero attached hydrogens (tertiary/aromatic N) is 6. The third-order valence-corrected chi connectivity index (χ3v) is 6.15. The van der Waals surface area contributed by atoms with Gasteiger partial charge in [0.05, 0.1) is 18.3 Å². The van der Waals surface area contributed by atoms with Crippen LogP contribution in [0.3, 0.4) is 0 Å². The first-order valence-corrected chi connectivity index (χ1v) is 12.6. The van der Waals surface area contributed by atoms with Crippen LogP contribution in [0, 0.1) is 5.82 Å². The second-order valence-electron chi connectivity index (χ2n) is 8.47. The molecular formula is C27H22ClFN8O5. The van der Waals surface area contributed by atoms with Crippen LogP contribution in [0.25, 0.3) is 5.82 Å². The standard InChI is InChI=1S/C27H22ClFN8O5/c1-39-23-12-16(10-11-22(23)41-14-18-19(28)8-5-9-20(18)29)13-31-33-27(38)24-21(15-40-17-6-3-2-4-7-17)37(36-32-24)26-25(30)34-42-35-26/h2-13H,14-15H2,1H3,(H2,30,34)(H,33,38). The minimum atomic E-state index is -0.673. The number of nitrogens with one attached hydrogen (secondary N) is 1. The number of methoxy groups -OCH3 is 1. The first kappa shape index (κ1) is 28.0. The van der Waals surface area contributed by atoms with Gasteiger partial charge in [-0.15, -0.1) is 5.10 Å². The average molecular weight is 593 g/mol. The number of amides is 1. The molecular weight excluding hydrogens is 571 g/mol. The molecule has 0 radical (unpaired) electrons. The lowest BCUT2D eigenvalue weighted by Gasteiger charge is -2.12. The van der Waals surface area contributed by atoms with E-state index in [9.17, 15) is 9.18 Å². The Hall–Kier alpha value is -5.50. The summed E-state index contributed by atoms with van der Waals surface area (Å²) < 4.78 is 36.9. The van der Waals surface area contributed by atoms with Crippen molar-refractivity contribution in [2.24, 2.45) is 5.10 Å². The topological polar surface area (TPSA) is 165 Å². The SMILES string of the molecule is COc1cc(C=NNC(=O)c2nnn(-c3nonc3N)c2COc2ccccc2)ccc1OCc1c(F)cccc1Cl. The van der Waals surface area contributed by atoms with E-state index in [0.29, 0.717) is 22.8 Å². The largest absolute Gasteiger partial charge is 0.493 e. The van der Waals surface area contributed by atoms with Crippen LogP contribution in [-0.2, 0) is 13.2 Å². The molecule has 15 heteroatoms. The Morgan fingerprint density at radius 3 is 2.67 bits per heavy atom. The first-order chi connectivity index (χ1) is 20.4.